The lowest BCUT2D eigenvalue weighted by atomic mass is 9.75. The summed E-state index contributed by atoms with van der Waals surface area (Å²) in [6.07, 6.45) is 1.54. The number of carbonyl (C=O) groups excluding carboxylic acids is 3. The van der Waals surface area contributed by atoms with E-state index in [9.17, 15) is 14.4 Å². The second-order valence-electron chi connectivity index (χ2n) is 16.0. The Morgan fingerprint density at radius 3 is 2.25 bits per heavy atom. The van der Waals surface area contributed by atoms with Gasteiger partial charge in [0.25, 0.3) is 5.91 Å². The number of nitrogens with one attached hydrogen (secondary N) is 2. The first-order valence-corrected chi connectivity index (χ1v) is 21.6. The summed E-state index contributed by atoms with van der Waals surface area (Å²) >= 11 is 0. The zero-order valence-electron chi connectivity index (χ0n) is 32.5. The molecule has 0 aromatic heterocycles. The number of esters is 1. The number of ether oxygens (including phenoxy) is 3. The zero-order valence-corrected chi connectivity index (χ0v) is 33.5. The van der Waals surface area contributed by atoms with Gasteiger partial charge in [-0.1, -0.05) is 78.3 Å². The predicted molar refractivity (Wildman–Crippen MR) is 204 cm³/mol. The van der Waals surface area contributed by atoms with Gasteiger partial charge in [-0.2, -0.15) is 0 Å². The molecule has 2 aromatic carbocycles. The third kappa shape index (κ3) is 9.80. The highest BCUT2D eigenvalue weighted by Crippen LogP contribution is 2.44. The summed E-state index contributed by atoms with van der Waals surface area (Å²) in [5.74, 6) is 0.0301. The van der Waals surface area contributed by atoms with Gasteiger partial charge in [0.2, 0.25) is 0 Å². The summed E-state index contributed by atoms with van der Waals surface area (Å²) < 4.78 is 24.2. The van der Waals surface area contributed by atoms with Gasteiger partial charge in [0.15, 0.2) is 20.1 Å². The fourth-order valence-corrected chi connectivity index (χ4v) is 7.87. The Morgan fingerprint density at radius 2 is 1.65 bits per heavy atom. The summed E-state index contributed by atoms with van der Waals surface area (Å²) in [5, 5.41) is 5.95. The molecule has 1 aliphatic carbocycles. The van der Waals surface area contributed by atoms with E-state index in [4.69, 9.17) is 18.6 Å². The maximum atomic E-state index is 14.7. The molecule has 2 N–H and O–H groups in total. The minimum absolute atomic E-state index is 0.0889. The number of urea groups is 1. The molecule has 2 aliphatic rings. The minimum atomic E-state index is -1.93. The van der Waals surface area contributed by atoms with Crippen LogP contribution in [0.15, 0.2) is 48.5 Å². The monoisotopic (exact) mass is 723 g/mol. The summed E-state index contributed by atoms with van der Waals surface area (Å²) in [6.45, 7) is 22.6. The second kappa shape index (κ2) is 17.1. The fraction of sp³-hybridized carbons (Fsp3) is 0.625. The number of carbonyl (C=O) groups is 3. The van der Waals surface area contributed by atoms with E-state index in [1.165, 1.54) is 0 Å². The van der Waals surface area contributed by atoms with Crippen molar-refractivity contribution in [1.29, 1.82) is 0 Å². The van der Waals surface area contributed by atoms with Gasteiger partial charge in [-0.15, -0.1) is 0 Å². The van der Waals surface area contributed by atoms with Gasteiger partial charge in [0.05, 0.1) is 25.3 Å². The minimum Gasteiger partial charge on any atom is -0.462 e. The van der Waals surface area contributed by atoms with E-state index in [1.54, 1.807) is 17.0 Å². The molecule has 0 bridgehead atoms. The van der Waals surface area contributed by atoms with E-state index in [1.807, 2.05) is 50.2 Å². The van der Waals surface area contributed by atoms with Gasteiger partial charge >= 0.3 is 12.0 Å². The largest absolute Gasteiger partial charge is 0.462 e. The molecule has 0 spiro atoms. The highest BCUT2D eigenvalue weighted by Gasteiger charge is 2.54. The van der Waals surface area contributed by atoms with Crippen molar-refractivity contribution in [3.8, 4) is 0 Å². The first-order valence-electron chi connectivity index (χ1n) is 18.7. The van der Waals surface area contributed by atoms with Crippen molar-refractivity contribution >= 4 is 37.6 Å². The molecule has 4 rings (SSSR count). The number of amides is 3. The Balaban J connectivity index is 1.61. The average molecular weight is 724 g/mol. The molecule has 4 atom stereocenters. The molecule has 1 heterocycles. The van der Waals surface area contributed by atoms with Crippen LogP contribution in [0.3, 0.4) is 0 Å². The topological polar surface area (TPSA) is 115 Å². The maximum absolute atomic E-state index is 14.7. The molecule has 2 aromatic rings. The number of para-hydroxylation sites is 1. The number of rotatable bonds is 15. The van der Waals surface area contributed by atoms with E-state index in [-0.39, 0.29) is 30.0 Å². The maximum Gasteiger partial charge on any atom is 0.320 e. The van der Waals surface area contributed by atoms with Crippen molar-refractivity contribution in [3.63, 3.8) is 0 Å². The Kier molecular flexibility index (Phi) is 13.5. The van der Waals surface area contributed by atoms with Crippen LogP contribution in [0.25, 0.3) is 0 Å². The number of anilines is 2. The molecular formula is C40H61N3O7Si. The van der Waals surface area contributed by atoms with Crippen LogP contribution in [0.1, 0.15) is 92.2 Å². The zero-order chi connectivity index (χ0) is 37.6. The van der Waals surface area contributed by atoms with Crippen LogP contribution in [-0.2, 0) is 40.4 Å². The van der Waals surface area contributed by atoms with Crippen LogP contribution < -0.4 is 15.5 Å². The normalized spacial score (nSPS) is 22.3. The van der Waals surface area contributed by atoms with Crippen molar-refractivity contribution in [3.05, 3.63) is 59.7 Å². The van der Waals surface area contributed by atoms with Gasteiger partial charge in [-0.25, -0.2) is 4.79 Å². The van der Waals surface area contributed by atoms with Crippen molar-refractivity contribution < 1.29 is 33.0 Å². The van der Waals surface area contributed by atoms with Crippen LogP contribution >= 0.6 is 0 Å². The summed E-state index contributed by atoms with van der Waals surface area (Å²) in [7, 11) is -1.93. The van der Waals surface area contributed by atoms with Crippen LogP contribution in [0.5, 0.6) is 0 Å². The molecule has 3 amide bonds. The van der Waals surface area contributed by atoms with Gasteiger partial charge in [0, 0.05) is 24.5 Å². The second-order valence-corrected chi connectivity index (χ2v) is 20.8. The molecule has 51 heavy (non-hydrogen) atoms. The van der Waals surface area contributed by atoms with E-state index in [0.29, 0.717) is 48.6 Å². The van der Waals surface area contributed by atoms with Crippen LogP contribution in [-0.4, -0.2) is 58.4 Å². The first-order chi connectivity index (χ1) is 24.0. The Morgan fingerprint density at radius 1 is 1.00 bits per heavy atom. The lowest BCUT2D eigenvalue weighted by molar-refractivity contribution is -0.159. The van der Waals surface area contributed by atoms with Crippen molar-refractivity contribution in [1.82, 2.24) is 5.32 Å². The molecule has 282 valence electrons. The van der Waals surface area contributed by atoms with Crippen LogP contribution in [0.2, 0.25) is 18.1 Å². The molecule has 0 saturated heterocycles. The molecule has 1 fully saturated rings. The Hall–Kier alpha value is -3.25. The van der Waals surface area contributed by atoms with E-state index in [2.05, 4.69) is 65.3 Å². The van der Waals surface area contributed by atoms with Crippen molar-refractivity contribution in [2.75, 3.05) is 30.0 Å². The van der Waals surface area contributed by atoms with Gasteiger partial charge in [0.1, 0.15) is 6.10 Å². The van der Waals surface area contributed by atoms with E-state index in [0.717, 1.165) is 24.8 Å². The molecule has 1 saturated carbocycles. The third-order valence-corrected chi connectivity index (χ3v) is 15.4. The van der Waals surface area contributed by atoms with Gasteiger partial charge in [-0.3, -0.25) is 9.59 Å². The molecule has 4 unspecified atom stereocenters. The Bertz CT molecular complexity index is 1490. The van der Waals surface area contributed by atoms with Crippen molar-refractivity contribution in [2.24, 2.45) is 17.8 Å². The lowest BCUT2D eigenvalue weighted by Crippen LogP contribution is -2.56. The smallest absolute Gasteiger partial charge is 0.320 e. The lowest BCUT2D eigenvalue weighted by Gasteiger charge is -2.37. The van der Waals surface area contributed by atoms with Crippen molar-refractivity contribution in [2.45, 2.75) is 124 Å². The molecular weight excluding hydrogens is 663 g/mol. The highest BCUT2D eigenvalue weighted by molar-refractivity contribution is 6.74. The van der Waals surface area contributed by atoms with E-state index < -0.39 is 38.1 Å². The standard InChI is InChI=1S/C40H61N3O7Si/c1-11-47-36(48-12-2)25-43-33-16-14-13-15-32(33)40(37(43)45,24-35(44)50-34-23-28(5)17-22-31(34)27(3)4)42-38(46)41-30-20-18-29(19-21-30)26-49-51(9,10)39(6,7)8/h13-16,18-21,27-28,31,34,36H,11-12,17,22-26H2,1-10H3,(H2,41,42,46). The Labute approximate surface area is 306 Å². The number of fused-ring (bicyclic) bond motifs is 1. The number of hydrogen-bond acceptors (Lipinski definition) is 7. The quantitative estimate of drug-likeness (QED) is 0.108. The number of nitrogens with zero attached hydrogens (tertiary/aromatic N) is 1. The molecule has 10 nitrogen and oxygen atoms in total. The fourth-order valence-electron chi connectivity index (χ4n) is 6.91. The third-order valence-electron chi connectivity index (χ3n) is 10.9. The molecule has 11 heteroatoms. The van der Waals surface area contributed by atoms with Crippen LogP contribution in [0, 0.1) is 17.8 Å². The summed E-state index contributed by atoms with van der Waals surface area (Å²) in [4.78, 5) is 44.1. The van der Waals surface area contributed by atoms with Crippen LogP contribution in [0.4, 0.5) is 16.2 Å². The van der Waals surface area contributed by atoms with Gasteiger partial charge < -0.3 is 34.2 Å². The number of benzene rings is 2. The molecule has 0 radical (unpaired) electrons. The molecule has 1 aliphatic heterocycles. The summed E-state index contributed by atoms with van der Waals surface area (Å²) in [5.41, 5.74) is 0.920. The predicted octanol–water partition coefficient (Wildman–Crippen LogP) is 8.37. The SMILES string of the molecule is CCOC(CN1C(=O)C(CC(=O)OC2CC(C)CCC2C(C)C)(NC(=O)Nc2ccc(CO[Si](C)(C)C(C)(C)C)cc2)c2ccccc21)OCC. The highest BCUT2D eigenvalue weighted by atomic mass is 28.4. The first kappa shape index (κ1) is 40.5. The van der Waals surface area contributed by atoms with Gasteiger partial charge in [-0.05, 0) is 86.3 Å². The number of hydrogen-bond donors (Lipinski definition) is 2. The average Bonchev–Trinajstić information content (AvgIpc) is 3.26. The van der Waals surface area contributed by atoms with E-state index >= 15 is 0 Å². The summed E-state index contributed by atoms with van der Waals surface area (Å²) in [6, 6.07) is 14.1.